The highest BCUT2D eigenvalue weighted by atomic mass is 16.7. The quantitative estimate of drug-likeness (QED) is 0.325. The molecule has 1 aromatic rings. The van der Waals surface area contributed by atoms with Gasteiger partial charge in [-0.25, -0.2) is 0 Å². The summed E-state index contributed by atoms with van der Waals surface area (Å²) < 4.78 is 28.9. The largest absolute Gasteiger partial charge is 0.507 e. The molecule has 0 saturated carbocycles. The van der Waals surface area contributed by atoms with E-state index in [2.05, 4.69) is 5.32 Å². The summed E-state index contributed by atoms with van der Waals surface area (Å²) in [5, 5.41) is 36.9. The molecule has 56 heavy (non-hydrogen) atoms. The SMILES string of the molecule is CO[C@H]1/C=C/O[C@@]2(C)Oc3c(C)c(O)c4c(c3C2=O)C(=O)C(N2CCOCC2)=C(NC(=O)/C(C)=C\C=C\[C@H](C)[C@H](O)[C@@H](C)[C@@H](O)[C@@H](C)[C@H](OC(C)=O)[C@@H]1C)C4=O. The van der Waals surface area contributed by atoms with Crippen molar-refractivity contribution in [1.29, 1.82) is 0 Å². The average molecular weight is 781 g/mol. The number of nitrogens with one attached hydrogen (secondary N) is 1. The van der Waals surface area contributed by atoms with Gasteiger partial charge in [0.2, 0.25) is 11.6 Å². The summed E-state index contributed by atoms with van der Waals surface area (Å²) in [6.07, 6.45) is 3.44. The number of carbonyl (C=O) groups is 5. The number of Topliss-reactive ketones (excluding diaryl/α,β-unsaturated/α-hetero) is 3. The van der Waals surface area contributed by atoms with Crippen LogP contribution in [-0.2, 0) is 28.5 Å². The first-order valence-electron chi connectivity index (χ1n) is 18.7. The van der Waals surface area contributed by atoms with Gasteiger partial charge in [0.25, 0.3) is 11.7 Å². The first-order chi connectivity index (χ1) is 26.4. The molecule has 0 radical (unpaired) electrons. The average Bonchev–Trinajstić information content (AvgIpc) is 3.43. The topological polar surface area (TPSA) is 207 Å². The highest BCUT2D eigenvalue weighted by molar-refractivity contribution is 6.32. The standard InChI is InChI=1S/C41H52N2O13/c1-19-11-10-12-20(2)40(51)42-30-31(43-14-17-53-18-15-43)36(49)27-28(35(30)48)34(47)24(6)38-29(27)39(50)41(8,56-38)54-16-13-26(52-9)21(3)37(55-25(7)44)23(5)33(46)22(4)32(19)45/h10-13,16,19,21-23,26,32-33,37,45-47H,14-15,17-18H2,1-9H3,(H,42,51)/b11-10+,16-13+,20-12-/t19-,21+,22+,23+,26-,32-,33+,37+,41-/m0/s1. The van der Waals surface area contributed by atoms with Crippen LogP contribution in [0.2, 0.25) is 0 Å². The third kappa shape index (κ3) is 7.77. The van der Waals surface area contributed by atoms with Gasteiger partial charge in [-0.1, -0.05) is 45.9 Å². The zero-order chi connectivity index (χ0) is 41.4. The van der Waals surface area contributed by atoms with E-state index in [9.17, 15) is 39.3 Å². The fourth-order valence-corrected chi connectivity index (χ4v) is 7.76. The number of ether oxygens (including phenoxy) is 5. The van der Waals surface area contributed by atoms with Crippen molar-refractivity contribution in [3.05, 3.63) is 69.8 Å². The number of hydrogen-bond donors (Lipinski definition) is 4. The van der Waals surface area contributed by atoms with Crippen molar-refractivity contribution < 1.29 is 63.0 Å². The summed E-state index contributed by atoms with van der Waals surface area (Å²) in [5.74, 6) is -9.09. The molecular weight excluding hydrogens is 728 g/mol. The normalized spacial score (nSPS) is 33.9. The van der Waals surface area contributed by atoms with E-state index in [0.717, 1.165) is 0 Å². The number of aromatic hydroxyl groups is 1. The minimum absolute atomic E-state index is 0.00230. The Labute approximate surface area is 325 Å². The van der Waals surface area contributed by atoms with Crippen molar-refractivity contribution in [2.24, 2.45) is 23.7 Å². The second kappa shape index (κ2) is 16.7. The summed E-state index contributed by atoms with van der Waals surface area (Å²) in [5.41, 5.74) is -1.47. The molecule has 1 aliphatic carbocycles. The van der Waals surface area contributed by atoms with E-state index in [1.807, 2.05) is 0 Å². The number of aliphatic hydroxyl groups is 2. The van der Waals surface area contributed by atoms with Crippen molar-refractivity contribution in [3.63, 3.8) is 0 Å². The van der Waals surface area contributed by atoms with Gasteiger partial charge in [0.1, 0.15) is 29.0 Å². The van der Waals surface area contributed by atoms with Gasteiger partial charge in [-0.15, -0.1) is 0 Å². The van der Waals surface area contributed by atoms with Crippen LogP contribution in [0.5, 0.6) is 11.5 Å². The molecule has 4 aliphatic heterocycles. The van der Waals surface area contributed by atoms with Gasteiger partial charge >= 0.3 is 11.8 Å². The Bertz CT molecular complexity index is 1910. The third-order valence-electron chi connectivity index (χ3n) is 11.3. The number of phenols is 1. The molecule has 9 atom stereocenters. The van der Waals surface area contributed by atoms with E-state index in [1.165, 1.54) is 53.2 Å². The summed E-state index contributed by atoms with van der Waals surface area (Å²) in [4.78, 5) is 70.9. The first kappa shape index (κ1) is 42.3. The lowest BCUT2D eigenvalue weighted by Gasteiger charge is -2.38. The lowest BCUT2D eigenvalue weighted by atomic mass is 9.78. The van der Waals surface area contributed by atoms with Crippen LogP contribution in [-0.4, -0.2) is 113 Å². The Hall–Kier alpha value is -4.83. The fourth-order valence-electron chi connectivity index (χ4n) is 7.76. The first-order valence-corrected chi connectivity index (χ1v) is 18.7. The molecule has 1 amide bonds. The Kier molecular flexibility index (Phi) is 12.6. The third-order valence-corrected chi connectivity index (χ3v) is 11.3. The minimum Gasteiger partial charge on any atom is -0.507 e. The molecule has 6 rings (SSSR count). The number of nitrogens with zero attached hydrogens (tertiary/aromatic N) is 1. The molecular formula is C41H52N2O13. The summed E-state index contributed by atoms with van der Waals surface area (Å²) in [6, 6.07) is 0. The smallest absolute Gasteiger partial charge is 0.312 e. The second-order valence-corrected chi connectivity index (χ2v) is 15.1. The van der Waals surface area contributed by atoms with Crippen LogP contribution in [0.15, 0.2) is 47.5 Å². The lowest BCUT2D eigenvalue weighted by molar-refractivity contribution is -0.160. The molecule has 4 heterocycles. The van der Waals surface area contributed by atoms with Crippen LogP contribution in [0.1, 0.15) is 85.1 Å². The molecule has 0 spiro atoms. The Morgan fingerprint density at radius 2 is 1.59 bits per heavy atom. The number of carbonyl (C=O) groups excluding carboxylic acids is 5. The maximum absolute atomic E-state index is 14.6. The molecule has 1 aromatic carbocycles. The van der Waals surface area contributed by atoms with E-state index in [1.54, 1.807) is 44.7 Å². The van der Waals surface area contributed by atoms with Crippen LogP contribution < -0.4 is 10.1 Å². The van der Waals surface area contributed by atoms with Crippen LogP contribution in [0.25, 0.3) is 0 Å². The van der Waals surface area contributed by atoms with E-state index in [4.69, 9.17) is 23.7 Å². The maximum Gasteiger partial charge on any atom is 0.312 e. The number of aliphatic hydroxyl groups excluding tert-OH is 2. The number of ketones is 3. The number of phenolic OH excluding ortho intramolecular Hbond substituents is 1. The van der Waals surface area contributed by atoms with Crippen molar-refractivity contribution >= 4 is 29.2 Å². The Balaban J connectivity index is 1.67. The molecule has 15 heteroatoms. The number of amides is 1. The van der Waals surface area contributed by atoms with Crippen molar-refractivity contribution in [2.75, 3.05) is 33.4 Å². The number of methoxy groups -OCH3 is 1. The van der Waals surface area contributed by atoms with Gasteiger partial charge in [0.15, 0.2) is 0 Å². The monoisotopic (exact) mass is 780 g/mol. The van der Waals surface area contributed by atoms with Crippen molar-refractivity contribution in [2.45, 2.75) is 85.6 Å². The molecule has 5 aliphatic rings. The Morgan fingerprint density at radius 3 is 2.21 bits per heavy atom. The zero-order valence-electron chi connectivity index (χ0n) is 33.2. The van der Waals surface area contributed by atoms with Crippen molar-refractivity contribution in [1.82, 2.24) is 10.2 Å². The van der Waals surface area contributed by atoms with Crippen LogP contribution in [0.3, 0.4) is 0 Å². The summed E-state index contributed by atoms with van der Waals surface area (Å²) in [6.45, 7) is 13.2. The number of hydrogen-bond acceptors (Lipinski definition) is 14. The molecule has 15 nitrogen and oxygen atoms in total. The van der Waals surface area contributed by atoms with E-state index >= 15 is 0 Å². The van der Waals surface area contributed by atoms with Gasteiger partial charge in [0, 0.05) is 68.9 Å². The van der Waals surface area contributed by atoms with E-state index < -0.39 is 94.4 Å². The molecule has 4 N–H and O–H groups in total. The number of benzene rings is 1. The molecule has 304 valence electrons. The predicted octanol–water partition coefficient (Wildman–Crippen LogP) is 3.29. The fraction of sp³-hybridized carbons (Fsp3) is 0.537. The maximum atomic E-state index is 14.6. The summed E-state index contributed by atoms with van der Waals surface area (Å²) >= 11 is 0. The lowest BCUT2D eigenvalue weighted by Crippen LogP contribution is -2.46. The highest BCUT2D eigenvalue weighted by Crippen LogP contribution is 2.49. The minimum atomic E-state index is -2.07. The van der Waals surface area contributed by atoms with E-state index in [0.29, 0.717) is 0 Å². The van der Waals surface area contributed by atoms with Gasteiger partial charge < -0.3 is 49.2 Å². The second-order valence-electron chi connectivity index (χ2n) is 15.1. The number of allylic oxidation sites excluding steroid dienone is 4. The van der Waals surface area contributed by atoms with Gasteiger partial charge in [-0.2, -0.15) is 0 Å². The van der Waals surface area contributed by atoms with Gasteiger partial charge in [-0.3, -0.25) is 24.0 Å². The Morgan fingerprint density at radius 1 is 0.929 bits per heavy atom. The van der Waals surface area contributed by atoms with Crippen LogP contribution in [0.4, 0.5) is 0 Å². The number of morpholine rings is 1. The molecule has 1 fully saturated rings. The van der Waals surface area contributed by atoms with Crippen LogP contribution in [0, 0.1) is 30.6 Å². The molecule has 0 aromatic heterocycles. The van der Waals surface area contributed by atoms with Gasteiger partial charge in [-0.05, 0) is 19.9 Å². The predicted molar refractivity (Wildman–Crippen MR) is 201 cm³/mol. The highest BCUT2D eigenvalue weighted by Gasteiger charge is 2.53. The molecule has 5 bridgehead atoms. The van der Waals surface area contributed by atoms with Gasteiger partial charge in [0.05, 0.1) is 54.5 Å². The molecule has 0 unspecified atom stereocenters. The van der Waals surface area contributed by atoms with E-state index in [-0.39, 0.29) is 65.7 Å². The van der Waals surface area contributed by atoms with Crippen LogP contribution >= 0.6 is 0 Å². The summed E-state index contributed by atoms with van der Waals surface area (Å²) in [7, 11) is 1.43. The number of fused-ring (bicyclic) bond motifs is 14. The number of esters is 1. The zero-order valence-corrected chi connectivity index (χ0v) is 33.2. The number of rotatable bonds is 3. The molecule has 1 saturated heterocycles. The van der Waals surface area contributed by atoms with Crippen molar-refractivity contribution in [3.8, 4) is 11.5 Å².